The van der Waals surface area contributed by atoms with E-state index in [1.807, 2.05) is 0 Å². The molecule has 2 fully saturated rings. The molecule has 1 aromatic carbocycles. The molecule has 0 saturated carbocycles. The smallest absolute Gasteiger partial charge is 0.338 e. The van der Waals surface area contributed by atoms with Crippen LogP contribution in [0.2, 0.25) is 0 Å². The second-order valence-corrected chi connectivity index (χ2v) is 7.94. The van der Waals surface area contributed by atoms with Gasteiger partial charge in [-0.25, -0.2) is 4.79 Å². The lowest BCUT2D eigenvalue weighted by Gasteiger charge is -2.50. The highest BCUT2D eigenvalue weighted by atomic mass is 16.8. The van der Waals surface area contributed by atoms with E-state index in [2.05, 4.69) is 0 Å². The minimum atomic E-state index is -1.51. The van der Waals surface area contributed by atoms with Gasteiger partial charge in [-0.15, -0.1) is 0 Å². The third-order valence-corrected chi connectivity index (χ3v) is 6.31. The minimum Gasteiger partial charge on any atom is -0.465 e. The molecule has 0 aliphatic carbocycles. The lowest BCUT2D eigenvalue weighted by molar-refractivity contribution is -0.485. The van der Waals surface area contributed by atoms with Crippen LogP contribution in [0.4, 0.5) is 0 Å². The van der Waals surface area contributed by atoms with E-state index >= 15 is 0 Å². The van der Waals surface area contributed by atoms with E-state index in [-0.39, 0.29) is 13.0 Å². The lowest BCUT2D eigenvalue weighted by Crippen LogP contribution is -2.66. The van der Waals surface area contributed by atoms with Gasteiger partial charge in [-0.1, -0.05) is 30.3 Å². The van der Waals surface area contributed by atoms with Gasteiger partial charge in [0.05, 0.1) is 18.4 Å². The third kappa shape index (κ3) is 4.28. The van der Waals surface area contributed by atoms with Gasteiger partial charge in [0.15, 0.2) is 6.10 Å². The van der Waals surface area contributed by atoms with Crippen molar-refractivity contribution < 1.29 is 38.2 Å². The largest absolute Gasteiger partial charge is 0.465 e. The zero-order valence-electron chi connectivity index (χ0n) is 17.9. The molecule has 0 unspecified atom stereocenters. The van der Waals surface area contributed by atoms with Crippen LogP contribution in [0.3, 0.4) is 0 Å². The van der Waals surface area contributed by atoms with Crippen LogP contribution in [-0.4, -0.2) is 61.9 Å². The average Bonchev–Trinajstić information content (AvgIpc) is 2.75. The molecular formula is C21H27NO9. The summed E-state index contributed by atoms with van der Waals surface area (Å²) < 4.78 is 27.7. The molecule has 0 aromatic heterocycles. The van der Waals surface area contributed by atoms with Gasteiger partial charge in [-0.2, -0.15) is 0 Å². The molecule has 10 heteroatoms. The first-order chi connectivity index (χ1) is 14.7. The molecule has 6 atom stereocenters. The Kier molecular flexibility index (Phi) is 6.63. The number of esters is 2. The summed E-state index contributed by atoms with van der Waals surface area (Å²) in [6.45, 7) is 2.65. The van der Waals surface area contributed by atoms with E-state index in [1.54, 1.807) is 37.3 Å². The molecule has 0 N–H and O–H groups in total. The topological polar surface area (TPSA) is 123 Å². The SMILES string of the molecule is CO[C@@]1(C)OC(=O)[C@@H]([C@H]2CCOC(=O)[C@@H]2[C@@H](C[N+](=O)[O-])c2ccccc2)O[C@]1(C)OC. The van der Waals surface area contributed by atoms with Gasteiger partial charge < -0.3 is 23.7 Å². The number of hydrogen-bond donors (Lipinski definition) is 0. The van der Waals surface area contributed by atoms with Crippen molar-refractivity contribution in [3.05, 3.63) is 46.0 Å². The Morgan fingerprint density at radius 1 is 1.13 bits per heavy atom. The molecule has 170 valence electrons. The average molecular weight is 437 g/mol. The van der Waals surface area contributed by atoms with E-state index in [1.165, 1.54) is 21.1 Å². The maximum atomic E-state index is 12.9. The number of carbonyl (C=O) groups excluding carboxylic acids is 2. The van der Waals surface area contributed by atoms with Crippen LogP contribution in [0.15, 0.2) is 30.3 Å². The Hall–Kier alpha value is -2.56. The standard InChI is InChI=1S/C21H27NO9/c1-20(27-3)21(2,28-4)31-19(24)17(30-20)14-10-11-29-18(23)16(14)15(12-22(25)26)13-8-6-5-7-9-13/h5-9,14-17H,10-12H2,1-4H3/t14-,15-,16-,17+,20-,21-/m0/s1. The number of benzene rings is 1. The van der Waals surface area contributed by atoms with Crippen LogP contribution in [-0.2, 0) is 33.3 Å². The van der Waals surface area contributed by atoms with Crippen molar-refractivity contribution in [2.24, 2.45) is 11.8 Å². The maximum absolute atomic E-state index is 12.9. The van der Waals surface area contributed by atoms with Crippen molar-refractivity contribution in [1.29, 1.82) is 0 Å². The summed E-state index contributed by atoms with van der Waals surface area (Å²) in [7, 11) is 2.75. The van der Waals surface area contributed by atoms with E-state index < -0.39 is 58.8 Å². The van der Waals surface area contributed by atoms with Crippen LogP contribution in [0.5, 0.6) is 0 Å². The fourth-order valence-electron chi connectivity index (χ4n) is 4.30. The number of cyclic esters (lactones) is 2. The molecule has 2 aliphatic heterocycles. The highest BCUT2D eigenvalue weighted by Gasteiger charge is 2.61. The van der Waals surface area contributed by atoms with Crippen LogP contribution in [0.25, 0.3) is 0 Å². The molecule has 1 aromatic rings. The Morgan fingerprint density at radius 3 is 2.35 bits per heavy atom. The minimum absolute atomic E-state index is 0.0678. The first-order valence-electron chi connectivity index (χ1n) is 10.00. The first-order valence-corrected chi connectivity index (χ1v) is 10.00. The normalized spacial score (nSPS) is 34.5. The molecule has 0 amide bonds. The van der Waals surface area contributed by atoms with Crippen molar-refractivity contribution in [2.75, 3.05) is 27.4 Å². The number of hydrogen-bond acceptors (Lipinski definition) is 9. The maximum Gasteiger partial charge on any atom is 0.338 e. The van der Waals surface area contributed by atoms with Crippen LogP contribution < -0.4 is 0 Å². The first kappa shape index (κ1) is 23.1. The van der Waals surface area contributed by atoms with E-state index in [0.29, 0.717) is 5.56 Å². The fourth-order valence-corrected chi connectivity index (χ4v) is 4.30. The quantitative estimate of drug-likeness (QED) is 0.357. The van der Waals surface area contributed by atoms with Crippen LogP contribution in [0.1, 0.15) is 31.7 Å². The Balaban J connectivity index is 2.00. The number of nitro groups is 1. The number of rotatable bonds is 7. The number of ether oxygens (including phenoxy) is 5. The molecule has 31 heavy (non-hydrogen) atoms. The highest BCUT2D eigenvalue weighted by Crippen LogP contribution is 2.44. The summed E-state index contributed by atoms with van der Waals surface area (Å²) in [5.74, 6) is -6.81. The predicted octanol–water partition coefficient (Wildman–Crippen LogP) is 1.89. The van der Waals surface area contributed by atoms with Crippen molar-refractivity contribution in [3.63, 3.8) is 0 Å². The Labute approximate surface area is 179 Å². The molecule has 0 radical (unpaired) electrons. The van der Waals surface area contributed by atoms with Gasteiger partial charge in [-0.3, -0.25) is 14.9 Å². The summed E-state index contributed by atoms with van der Waals surface area (Å²) in [4.78, 5) is 36.8. The molecule has 10 nitrogen and oxygen atoms in total. The lowest BCUT2D eigenvalue weighted by atomic mass is 9.72. The van der Waals surface area contributed by atoms with Gasteiger partial charge in [0, 0.05) is 32.0 Å². The van der Waals surface area contributed by atoms with Crippen LogP contribution in [0, 0.1) is 22.0 Å². The Morgan fingerprint density at radius 2 is 1.77 bits per heavy atom. The second-order valence-electron chi connectivity index (χ2n) is 7.94. The molecule has 0 spiro atoms. The molecule has 2 saturated heterocycles. The molecule has 3 rings (SSSR count). The predicted molar refractivity (Wildman–Crippen MR) is 105 cm³/mol. The van der Waals surface area contributed by atoms with Crippen molar-refractivity contribution >= 4 is 11.9 Å². The third-order valence-electron chi connectivity index (χ3n) is 6.31. The summed E-state index contributed by atoms with van der Waals surface area (Å²) >= 11 is 0. The van der Waals surface area contributed by atoms with Gasteiger partial charge in [0.2, 0.25) is 12.3 Å². The van der Waals surface area contributed by atoms with E-state index in [4.69, 9.17) is 23.7 Å². The summed E-state index contributed by atoms with van der Waals surface area (Å²) in [6, 6.07) is 8.69. The molecule has 0 bridgehead atoms. The monoisotopic (exact) mass is 437 g/mol. The number of nitrogens with zero attached hydrogens (tertiary/aromatic N) is 1. The molecule has 2 aliphatic rings. The number of methoxy groups -OCH3 is 2. The van der Waals surface area contributed by atoms with Crippen molar-refractivity contribution in [2.45, 2.75) is 43.9 Å². The number of carbonyl (C=O) groups is 2. The zero-order chi connectivity index (χ0) is 22.8. The summed E-state index contributed by atoms with van der Waals surface area (Å²) in [6.07, 6.45) is -0.912. The zero-order valence-corrected chi connectivity index (χ0v) is 17.9. The van der Waals surface area contributed by atoms with E-state index in [0.717, 1.165) is 0 Å². The fraction of sp³-hybridized carbons (Fsp3) is 0.619. The molecular weight excluding hydrogens is 410 g/mol. The van der Waals surface area contributed by atoms with Crippen molar-refractivity contribution in [3.8, 4) is 0 Å². The second kappa shape index (κ2) is 8.89. The summed E-state index contributed by atoms with van der Waals surface area (Å²) in [5.41, 5.74) is 0.605. The van der Waals surface area contributed by atoms with Crippen LogP contribution >= 0.6 is 0 Å². The van der Waals surface area contributed by atoms with Gasteiger partial charge in [-0.05, 0) is 18.9 Å². The van der Waals surface area contributed by atoms with Crippen molar-refractivity contribution in [1.82, 2.24) is 0 Å². The Bertz CT molecular complexity index is 831. The molecule has 2 heterocycles. The summed E-state index contributed by atoms with van der Waals surface area (Å²) in [5, 5.41) is 11.4. The van der Waals surface area contributed by atoms with E-state index in [9.17, 15) is 19.7 Å². The highest BCUT2D eigenvalue weighted by molar-refractivity contribution is 5.80. The van der Waals surface area contributed by atoms with Gasteiger partial charge in [0.1, 0.15) is 0 Å². The van der Waals surface area contributed by atoms with Gasteiger partial charge in [0.25, 0.3) is 5.79 Å². The van der Waals surface area contributed by atoms with Gasteiger partial charge >= 0.3 is 11.9 Å².